The maximum Gasteiger partial charge on any atom is 0.255 e. The lowest BCUT2D eigenvalue weighted by atomic mass is 9.71. The molecule has 0 radical (unpaired) electrons. The van der Waals surface area contributed by atoms with Crippen molar-refractivity contribution in [3.8, 4) is 0 Å². The number of aliphatic hydroxyl groups excluding tert-OH is 1. The molecule has 3 unspecified atom stereocenters. The molecule has 12 heteroatoms. The number of benzene rings is 2. The summed E-state index contributed by atoms with van der Waals surface area (Å²) < 4.78 is 55.7. The molecule has 1 heterocycles. The van der Waals surface area contributed by atoms with Crippen LogP contribution in [0.3, 0.4) is 0 Å². The van der Waals surface area contributed by atoms with Crippen LogP contribution in [0.1, 0.15) is 36.0 Å². The first-order valence-electron chi connectivity index (χ1n) is 12.2. The molecular weight excluding hydrogens is 540 g/mol. The zero-order valence-corrected chi connectivity index (χ0v) is 21.7. The Morgan fingerprint density at radius 3 is 2.50 bits per heavy atom. The molecule has 0 spiro atoms. The topological polar surface area (TPSA) is 122 Å². The van der Waals surface area contributed by atoms with E-state index < -0.39 is 56.2 Å². The molecule has 2 aromatic carbocycles. The van der Waals surface area contributed by atoms with Gasteiger partial charge in [-0.3, -0.25) is 9.48 Å². The van der Waals surface area contributed by atoms with E-state index in [9.17, 15) is 32.2 Å². The van der Waals surface area contributed by atoms with Crippen LogP contribution in [0.4, 0.5) is 14.5 Å². The maximum absolute atomic E-state index is 13.7. The minimum atomic E-state index is -4.02. The maximum atomic E-state index is 13.7. The van der Waals surface area contributed by atoms with Crippen LogP contribution in [0.25, 0.3) is 0 Å². The number of aliphatic hydroxyl groups is 2. The van der Waals surface area contributed by atoms with E-state index in [2.05, 4.69) is 10.4 Å². The number of anilines is 1. The lowest BCUT2D eigenvalue weighted by Gasteiger charge is -2.45. The van der Waals surface area contributed by atoms with Crippen LogP contribution in [0.2, 0.25) is 5.02 Å². The average molecular weight is 566 g/mol. The van der Waals surface area contributed by atoms with E-state index in [1.165, 1.54) is 28.9 Å². The SMILES string of the molecule is O=C(Nc1ccc(F)c(F)c1)c1ccc(Cl)c(S(=O)(=O)[C@H]2CC3CCC(C2)[C@]3(O)C(O)Cn2cccn2)c1. The summed E-state index contributed by atoms with van der Waals surface area (Å²) in [6.45, 7) is 0.0921. The number of carbonyl (C=O) groups excluding carboxylic acids is 1. The summed E-state index contributed by atoms with van der Waals surface area (Å²) in [6, 6.07) is 8.40. The number of rotatable bonds is 7. The fraction of sp³-hybridized carbons (Fsp3) is 0.385. The van der Waals surface area contributed by atoms with Gasteiger partial charge in [0.25, 0.3) is 5.91 Å². The molecule has 38 heavy (non-hydrogen) atoms. The fourth-order valence-electron chi connectivity index (χ4n) is 5.89. The summed E-state index contributed by atoms with van der Waals surface area (Å²) in [5.41, 5.74) is -1.46. The standard InChI is InChI=1S/C26H26ClF2N3O5S/c27-20-6-2-15(25(34)31-18-5-7-21(28)22(29)13-18)10-23(20)38(36,37)19-11-16-3-4-17(12-19)26(16,35)24(33)14-32-9-1-8-30-32/h1-2,5-10,13,16-17,19,24,33,35H,3-4,11-12,14H2,(H,31,34)/t16?,17?,19-,24?,26-. The van der Waals surface area contributed by atoms with E-state index in [1.807, 2.05) is 0 Å². The molecule has 3 aromatic rings. The number of sulfone groups is 1. The largest absolute Gasteiger partial charge is 0.388 e. The summed E-state index contributed by atoms with van der Waals surface area (Å²) >= 11 is 6.28. The van der Waals surface area contributed by atoms with Gasteiger partial charge in [0, 0.05) is 29.7 Å². The molecule has 2 aliphatic rings. The molecule has 0 aliphatic heterocycles. The number of amides is 1. The molecular formula is C26H26ClF2N3O5S. The molecule has 2 aliphatic carbocycles. The lowest BCUT2D eigenvalue weighted by Crippen LogP contribution is -2.56. The Morgan fingerprint density at radius 1 is 1.16 bits per heavy atom. The van der Waals surface area contributed by atoms with Crippen molar-refractivity contribution in [2.24, 2.45) is 11.8 Å². The van der Waals surface area contributed by atoms with Gasteiger partial charge in [0.1, 0.15) is 6.10 Å². The van der Waals surface area contributed by atoms with E-state index in [4.69, 9.17) is 11.6 Å². The Hall–Kier alpha value is -2.86. The molecule has 2 fully saturated rings. The highest BCUT2D eigenvalue weighted by Crippen LogP contribution is 2.53. The number of nitrogens with one attached hydrogen (secondary N) is 1. The molecule has 1 aromatic heterocycles. The van der Waals surface area contributed by atoms with Gasteiger partial charge in [0.15, 0.2) is 21.5 Å². The third-order valence-corrected chi connectivity index (χ3v) is 10.5. The predicted octanol–water partition coefficient (Wildman–Crippen LogP) is 3.82. The van der Waals surface area contributed by atoms with E-state index in [0.717, 1.165) is 12.1 Å². The number of fused-ring (bicyclic) bond motifs is 2. The Bertz CT molecular complexity index is 1450. The van der Waals surface area contributed by atoms with Gasteiger partial charge in [0.2, 0.25) is 0 Å². The first-order valence-corrected chi connectivity index (χ1v) is 14.1. The zero-order chi connectivity index (χ0) is 27.2. The molecule has 2 bridgehead atoms. The first-order chi connectivity index (χ1) is 18.0. The molecule has 202 valence electrons. The third-order valence-electron chi connectivity index (χ3n) is 7.84. The Balaban J connectivity index is 1.36. The molecule has 5 rings (SSSR count). The number of aromatic nitrogens is 2. The van der Waals surface area contributed by atoms with Crippen LogP contribution in [0.15, 0.2) is 59.8 Å². The van der Waals surface area contributed by atoms with Crippen molar-refractivity contribution in [3.63, 3.8) is 0 Å². The second-order valence-electron chi connectivity index (χ2n) is 9.97. The number of nitrogens with zero attached hydrogens (tertiary/aromatic N) is 2. The van der Waals surface area contributed by atoms with Crippen LogP contribution in [-0.2, 0) is 16.4 Å². The average Bonchev–Trinajstić information content (AvgIpc) is 3.42. The van der Waals surface area contributed by atoms with Crippen molar-refractivity contribution < 1.29 is 32.2 Å². The second-order valence-corrected chi connectivity index (χ2v) is 12.6. The Kier molecular flexibility index (Phi) is 7.06. The summed E-state index contributed by atoms with van der Waals surface area (Å²) in [5, 5.41) is 28.0. The van der Waals surface area contributed by atoms with Gasteiger partial charge >= 0.3 is 0 Å². The second kappa shape index (κ2) is 10.0. The minimum Gasteiger partial charge on any atom is -0.388 e. The fourth-order valence-corrected chi connectivity index (χ4v) is 8.29. The first kappa shape index (κ1) is 26.7. The molecule has 2 saturated carbocycles. The van der Waals surface area contributed by atoms with E-state index in [1.54, 1.807) is 18.5 Å². The summed E-state index contributed by atoms with van der Waals surface area (Å²) in [4.78, 5) is 12.5. The summed E-state index contributed by atoms with van der Waals surface area (Å²) in [5.74, 6) is -3.80. The molecule has 3 atom stereocenters. The molecule has 3 N–H and O–H groups in total. The van der Waals surface area contributed by atoms with Gasteiger partial charge in [-0.25, -0.2) is 17.2 Å². The predicted molar refractivity (Wildman–Crippen MR) is 135 cm³/mol. The van der Waals surface area contributed by atoms with Crippen LogP contribution in [0.5, 0.6) is 0 Å². The Morgan fingerprint density at radius 2 is 1.87 bits per heavy atom. The van der Waals surface area contributed by atoms with Gasteiger partial charge in [-0.15, -0.1) is 0 Å². The highest BCUT2D eigenvalue weighted by molar-refractivity contribution is 7.92. The monoisotopic (exact) mass is 565 g/mol. The van der Waals surface area contributed by atoms with E-state index in [0.29, 0.717) is 12.8 Å². The van der Waals surface area contributed by atoms with Crippen molar-refractivity contribution in [3.05, 3.63) is 77.1 Å². The minimum absolute atomic E-state index is 0.00469. The van der Waals surface area contributed by atoms with Crippen molar-refractivity contribution in [1.82, 2.24) is 9.78 Å². The van der Waals surface area contributed by atoms with Crippen LogP contribution < -0.4 is 5.32 Å². The third kappa shape index (κ3) is 4.72. The number of hydrogen-bond donors (Lipinski definition) is 3. The smallest absolute Gasteiger partial charge is 0.255 e. The highest BCUT2D eigenvalue weighted by atomic mass is 35.5. The molecule has 8 nitrogen and oxygen atoms in total. The molecule has 1 amide bonds. The van der Waals surface area contributed by atoms with Crippen molar-refractivity contribution in [1.29, 1.82) is 0 Å². The van der Waals surface area contributed by atoms with Crippen molar-refractivity contribution >= 4 is 33.0 Å². The zero-order valence-electron chi connectivity index (χ0n) is 20.1. The summed E-state index contributed by atoms with van der Waals surface area (Å²) in [7, 11) is -4.02. The highest BCUT2D eigenvalue weighted by Gasteiger charge is 2.59. The van der Waals surface area contributed by atoms with Crippen LogP contribution in [-0.4, -0.2) is 51.3 Å². The van der Waals surface area contributed by atoms with Crippen molar-refractivity contribution in [2.45, 2.75) is 54.1 Å². The van der Waals surface area contributed by atoms with Gasteiger partial charge in [-0.2, -0.15) is 5.10 Å². The number of hydrogen-bond acceptors (Lipinski definition) is 6. The van der Waals surface area contributed by atoms with Gasteiger partial charge in [0.05, 0.1) is 27.3 Å². The van der Waals surface area contributed by atoms with Crippen molar-refractivity contribution in [2.75, 3.05) is 5.32 Å². The molecule has 0 saturated heterocycles. The van der Waals surface area contributed by atoms with Crippen LogP contribution >= 0.6 is 11.6 Å². The number of halogens is 3. The normalized spacial score (nSPS) is 25.8. The summed E-state index contributed by atoms with van der Waals surface area (Å²) in [6.07, 6.45) is 3.56. The van der Waals surface area contributed by atoms with Gasteiger partial charge < -0.3 is 15.5 Å². The van der Waals surface area contributed by atoms with Gasteiger partial charge in [-0.1, -0.05) is 11.6 Å². The van der Waals surface area contributed by atoms with E-state index in [-0.39, 0.29) is 40.6 Å². The van der Waals surface area contributed by atoms with Crippen LogP contribution in [0, 0.1) is 23.5 Å². The van der Waals surface area contributed by atoms with Gasteiger partial charge in [-0.05, 0) is 73.9 Å². The quantitative estimate of drug-likeness (QED) is 0.400. The Labute approximate surface area is 223 Å². The van der Waals surface area contributed by atoms with E-state index >= 15 is 0 Å². The lowest BCUT2D eigenvalue weighted by molar-refractivity contribution is -0.147. The number of carbonyl (C=O) groups is 1.